The highest BCUT2D eigenvalue weighted by atomic mass is 32.2. The minimum absolute atomic E-state index is 0.0837. The Hall–Kier alpha value is -2.88. The zero-order valence-electron chi connectivity index (χ0n) is 17.2. The number of sulfonamides is 1. The molecule has 164 valence electrons. The first kappa shape index (κ1) is 21.0. The molecule has 0 saturated carbocycles. The van der Waals surface area contributed by atoms with E-state index in [0.717, 1.165) is 15.7 Å². The van der Waals surface area contributed by atoms with Gasteiger partial charge in [0.2, 0.25) is 15.9 Å². The number of hydrogen-bond donors (Lipinski definition) is 1. The van der Waals surface area contributed by atoms with Gasteiger partial charge in [-0.2, -0.15) is 4.31 Å². The average Bonchev–Trinajstić information content (AvgIpc) is 2.83. The van der Waals surface area contributed by atoms with Crippen molar-refractivity contribution in [2.24, 2.45) is 0 Å². The van der Waals surface area contributed by atoms with Crippen molar-refractivity contribution in [2.75, 3.05) is 37.2 Å². The van der Waals surface area contributed by atoms with Crippen LogP contribution in [0.15, 0.2) is 70.5 Å². The lowest BCUT2D eigenvalue weighted by molar-refractivity contribution is -0.113. The van der Waals surface area contributed by atoms with Crippen LogP contribution in [0.1, 0.15) is 10.4 Å². The Morgan fingerprint density at radius 1 is 0.906 bits per heavy atom. The van der Waals surface area contributed by atoms with Gasteiger partial charge >= 0.3 is 0 Å². The fourth-order valence-electron chi connectivity index (χ4n) is 4.01. The second-order valence-electron chi connectivity index (χ2n) is 7.75. The number of amides is 2. The fraction of sp³-hybridized carbons (Fsp3) is 0.217. The van der Waals surface area contributed by atoms with Crippen molar-refractivity contribution in [3.63, 3.8) is 0 Å². The van der Waals surface area contributed by atoms with E-state index >= 15 is 0 Å². The average molecular weight is 468 g/mol. The maximum absolute atomic E-state index is 13.1. The Morgan fingerprint density at radius 2 is 1.66 bits per heavy atom. The van der Waals surface area contributed by atoms with Gasteiger partial charge in [0.1, 0.15) is 0 Å². The summed E-state index contributed by atoms with van der Waals surface area (Å²) in [5.41, 5.74) is 1.13. The lowest BCUT2D eigenvalue weighted by Crippen LogP contribution is -2.50. The molecule has 0 atom stereocenters. The van der Waals surface area contributed by atoms with Crippen LogP contribution in [0.2, 0.25) is 0 Å². The van der Waals surface area contributed by atoms with E-state index < -0.39 is 10.0 Å². The molecule has 2 amide bonds. The molecule has 0 bridgehead atoms. The second kappa shape index (κ2) is 8.23. The largest absolute Gasteiger partial charge is 0.336 e. The third-order valence-corrected chi connectivity index (χ3v) is 8.71. The van der Waals surface area contributed by atoms with E-state index in [4.69, 9.17) is 0 Å². The van der Waals surface area contributed by atoms with Crippen LogP contribution in [0.5, 0.6) is 0 Å². The Balaban J connectivity index is 1.29. The molecule has 9 heteroatoms. The number of nitrogens with one attached hydrogen (secondary N) is 1. The van der Waals surface area contributed by atoms with E-state index in [0.29, 0.717) is 30.1 Å². The molecule has 3 aromatic carbocycles. The Morgan fingerprint density at radius 3 is 2.44 bits per heavy atom. The lowest BCUT2D eigenvalue weighted by Gasteiger charge is -2.34. The summed E-state index contributed by atoms with van der Waals surface area (Å²) in [7, 11) is -3.64. The van der Waals surface area contributed by atoms with Crippen molar-refractivity contribution >= 4 is 50.1 Å². The van der Waals surface area contributed by atoms with Gasteiger partial charge in [-0.05, 0) is 41.1 Å². The molecule has 0 spiro atoms. The van der Waals surface area contributed by atoms with Crippen molar-refractivity contribution in [3.05, 3.63) is 66.2 Å². The van der Waals surface area contributed by atoms with Crippen molar-refractivity contribution in [3.8, 4) is 0 Å². The van der Waals surface area contributed by atoms with Crippen molar-refractivity contribution in [2.45, 2.75) is 9.79 Å². The smallest absolute Gasteiger partial charge is 0.254 e. The summed E-state index contributed by atoms with van der Waals surface area (Å²) < 4.78 is 27.7. The maximum Gasteiger partial charge on any atom is 0.254 e. The molecular formula is C23H21N3O4S2. The predicted octanol–water partition coefficient (Wildman–Crippen LogP) is 3.03. The maximum atomic E-state index is 13.1. The fourth-order valence-corrected chi connectivity index (χ4v) is 6.25. The summed E-state index contributed by atoms with van der Waals surface area (Å²) in [6.07, 6.45) is 0. The highest BCUT2D eigenvalue weighted by Gasteiger charge is 2.31. The minimum Gasteiger partial charge on any atom is -0.336 e. The molecule has 1 saturated heterocycles. The summed E-state index contributed by atoms with van der Waals surface area (Å²) in [5.74, 6) is 0.119. The van der Waals surface area contributed by atoms with Gasteiger partial charge in [0.05, 0.1) is 16.3 Å². The molecule has 2 aliphatic heterocycles. The first-order valence-electron chi connectivity index (χ1n) is 10.3. The molecule has 0 aromatic heterocycles. The molecule has 2 heterocycles. The summed E-state index contributed by atoms with van der Waals surface area (Å²) in [6, 6.07) is 18.1. The molecular weight excluding hydrogens is 446 g/mol. The molecule has 5 rings (SSSR count). The molecule has 2 aliphatic rings. The van der Waals surface area contributed by atoms with Gasteiger partial charge in [-0.25, -0.2) is 8.42 Å². The predicted molar refractivity (Wildman–Crippen MR) is 124 cm³/mol. The first-order chi connectivity index (χ1) is 15.4. The summed E-state index contributed by atoms with van der Waals surface area (Å²) in [5, 5.41) is 4.66. The second-order valence-corrected chi connectivity index (χ2v) is 10.7. The zero-order valence-corrected chi connectivity index (χ0v) is 18.8. The molecule has 0 unspecified atom stereocenters. The highest BCUT2D eigenvalue weighted by Crippen LogP contribution is 2.32. The molecule has 32 heavy (non-hydrogen) atoms. The zero-order chi connectivity index (χ0) is 22.3. The number of piperazine rings is 1. The molecule has 1 fully saturated rings. The number of fused-ring (bicyclic) bond motifs is 2. The third-order valence-electron chi connectivity index (χ3n) is 5.74. The Bertz CT molecular complexity index is 1330. The van der Waals surface area contributed by atoms with Gasteiger partial charge in [0, 0.05) is 36.6 Å². The van der Waals surface area contributed by atoms with Gasteiger partial charge in [-0.1, -0.05) is 30.3 Å². The van der Waals surface area contributed by atoms with Crippen LogP contribution < -0.4 is 5.32 Å². The van der Waals surface area contributed by atoms with Gasteiger partial charge in [0.15, 0.2) is 0 Å². The van der Waals surface area contributed by atoms with Gasteiger partial charge in [-0.15, -0.1) is 11.8 Å². The number of hydrogen-bond acceptors (Lipinski definition) is 5. The van der Waals surface area contributed by atoms with Crippen LogP contribution in [-0.2, 0) is 14.8 Å². The first-order valence-corrected chi connectivity index (χ1v) is 12.7. The monoisotopic (exact) mass is 467 g/mol. The van der Waals surface area contributed by atoms with E-state index in [-0.39, 0.29) is 29.8 Å². The summed E-state index contributed by atoms with van der Waals surface area (Å²) in [6.45, 7) is 1.09. The normalized spacial score (nSPS) is 17.1. The number of carbonyl (C=O) groups excluding carboxylic acids is 2. The van der Waals surface area contributed by atoms with Crippen molar-refractivity contribution in [1.29, 1.82) is 0 Å². The number of anilines is 1. The van der Waals surface area contributed by atoms with Crippen molar-refractivity contribution in [1.82, 2.24) is 9.21 Å². The van der Waals surface area contributed by atoms with Gasteiger partial charge in [-0.3, -0.25) is 9.59 Å². The highest BCUT2D eigenvalue weighted by molar-refractivity contribution is 8.00. The Labute approximate surface area is 190 Å². The van der Waals surface area contributed by atoms with E-state index in [9.17, 15) is 18.0 Å². The van der Waals surface area contributed by atoms with Gasteiger partial charge < -0.3 is 10.2 Å². The minimum atomic E-state index is -3.64. The number of rotatable bonds is 3. The van der Waals surface area contributed by atoms with E-state index in [1.165, 1.54) is 16.1 Å². The third kappa shape index (κ3) is 3.87. The van der Waals surface area contributed by atoms with Crippen molar-refractivity contribution < 1.29 is 18.0 Å². The number of benzene rings is 3. The quantitative estimate of drug-likeness (QED) is 0.640. The van der Waals surface area contributed by atoms with Crippen LogP contribution in [-0.4, -0.2) is 61.4 Å². The van der Waals surface area contributed by atoms with E-state index in [1.807, 2.05) is 36.4 Å². The van der Waals surface area contributed by atoms with E-state index in [2.05, 4.69) is 5.32 Å². The number of thioether (sulfide) groups is 1. The van der Waals surface area contributed by atoms with Crippen LogP contribution in [0, 0.1) is 0 Å². The standard InChI is InChI=1S/C23H21N3O4S2/c27-22-15-31-21-8-6-18(14-20(21)24-22)23(28)25-9-11-26(12-10-25)32(29,30)19-7-5-16-3-1-2-4-17(16)13-19/h1-8,13-14H,9-12,15H2,(H,24,27). The summed E-state index contributed by atoms with van der Waals surface area (Å²) >= 11 is 1.44. The molecule has 0 radical (unpaired) electrons. The Kier molecular flexibility index (Phi) is 5.40. The molecule has 0 aliphatic carbocycles. The number of carbonyl (C=O) groups is 2. The van der Waals surface area contributed by atoms with Crippen LogP contribution in [0.3, 0.4) is 0 Å². The topological polar surface area (TPSA) is 86.8 Å². The molecule has 3 aromatic rings. The SMILES string of the molecule is O=C1CSc2ccc(C(=O)N3CCN(S(=O)(=O)c4ccc5ccccc5c4)CC3)cc2N1. The number of nitrogens with zero attached hydrogens (tertiary/aromatic N) is 2. The van der Waals surface area contributed by atoms with E-state index in [1.54, 1.807) is 29.2 Å². The molecule has 7 nitrogen and oxygen atoms in total. The lowest BCUT2D eigenvalue weighted by atomic mass is 10.1. The van der Waals surface area contributed by atoms with Crippen LogP contribution >= 0.6 is 11.8 Å². The van der Waals surface area contributed by atoms with Crippen LogP contribution in [0.25, 0.3) is 10.8 Å². The van der Waals surface area contributed by atoms with Crippen LogP contribution in [0.4, 0.5) is 5.69 Å². The summed E-state index contributed by atoms with van der Waals surface area (Å²) in [4.78, 5) is 27.5. The molecule has 1 N–H and O–H groups in total. The van der Waals surface area contributed by atoms with Gasteiger partial charge in [0.25, 0.3) is 5.91 Å².